The number of hydrogen-bond donors (Lipinski definition) is 1. The van der Waals surface area contributed by atoms with Crippen molar-refractivity contribution < 1.29 is 14.2 Å². The van der Waals surface area contributed by atoms with Gasteiger partial charge in [-0.05, 0) is 46.4 Å². The fourth-order valence-corrected chi connectivity index (χ4v) is 3.69. The van der Waals surface area contributed by atoms with Crippen LogP contribution in [0.2, 0.25) is 0 Å². The highest BCUT2D eigenvalue weighted by atomic mass is 79.9. The van der Waals surface area contributed by atoms with Crippen LogP contribution in [0.5, 0.6) is 5.75 Å². The Hall–Kier alpha value is -0.910. The minimum atomic E-state index is -1.33. The fraction of sp³-hybridized carbons (Fsp3) is 0.286. The molecule has 2 aromatic rings. The van der Waals surface area contributed by atoms with E-state index < -0.39 is 11.4 Å². The second-order valence-electron chi connectivity index (χ2n) is 4.46. The number of aliphatic hydroxyl groups is 1. The lowest BCUT2D eigenvalue weighted by molar-refractivity contribution is 0.0517. The van der Waals surface area contributed by atoms with Crippen LogP contribution in [0.1, 0.15) is 17.4 Å². The zero-order valence-electron chi connectivity index (χ0n) is 10.6. The lowest BCUT2D eigenvalue weighted by Crippen LogP contribution is -2.26. The third-order valence-corrected chi connectivity index (χ3v) is 4.86. The summed E-state index contributed by atoms with van der Waals surface area (Å²) in [6.07, 6.45) is 0.322. The van der Waals surface area contributed by atoms with Crippen LogP contribution in [0.4, 0.5) is 4.39 Å². The second kappa shape index (κ2) is 5.61. The van der Waals surface area contributed by atoms with Gasteiger partial charge in [-0.1, -0.05) is 6.07 Å². The SMILES string of the molecule is COc1cccc(F)c1C(C)(O)Cc1sccc1Br. The molecule has 1 N–H and O–H groups in total. The first kappa shape index (κ1) is 14.5. The normalized spacial score (nSPS) is 14.2. The Morgan fingerprint density at radius 2 is 2.16 bits per heavy atom. The monoisotopic (exact) mass is 344 g/mol. The zero-order chi connectivity index (χ0) is 14.0. The number of methoxy groups -OCH3 is 1. The molecule has 0 aliphatic rings. The van der Waals surface area contributed by atoms with Crippen molar-refractivity contribution in [2.45, 2.75) is 18.9 Å². The Labute approximate surface area is 124 Å². The molecule has 0 fully saturated rings. The van der Waals surface area contributed by atoms with E-state index in [4.69, 9.17) is 4.74 Å². The average molecular weight is 345 g/mol. The molecule has 2 nitrogen and oxygen atoms in total. The van der Waals surface area contributed by atoms with E-state index in [1.165, 1.54) is 24.5 Å². The molecule has 19 heavy (non-hydrogen) atoms. The first-order chi connectivity index (χ1) is 8.95. The predicted molar refractivity (Wildman–Crippen MR) is 78.2 cm³/mol. The molecule has 0 spiro atoms. The standard InChI is InChI=1S/C14H14BrFO2S/c1-14(17,8-12-9(15)6-7-19-12)13-10(16)4-3-5-11(13)18-2/h3-7,17H,8H2,1-2H3. The van der Waals surface area contributed by atoms with Gasteiger partial charge in [0.05, 0.1) is 18.3 Å². The molecule has 1 heterocycles. The van der Waals surface area contributed by atoms with Crippen LogP contribution in [0.3, 0.4) is 0 Å². The zero-order valence-corrected chi connectivity index (χ0v) is 13.0. The maximum atomic E-state index is 14.0. The molecular weight excluding hydrogens is 331 g/mol. The number of halogens is 2. The van der Waals surface area contributed by atoms with Crippen molar-refractivity contribution >= 4 is 27.3 Å². The van der Waals surface area contributed by atoms with Gasteiger partial charge in [0.15, 0.2) is 0 Å². The van der Waals surface area contributed by atoms with Gasteiger partial charge in [0.2, 0.25) is 0 Å². The molecule has 1 aromatic carbocycles. The minimum Gasteiger partial charge on any atom is -0.496 e. The van der Waals surface area contributed by atoms with Gasteiger partial charge >= 0.3 is 0 Å². The number of rotatable bonds is 4. The average Bonchev–Trinajstić information content (AvgIpc) is 2.73. The number of benzene rings is 1. The number of ether oxygens (including phenoxy) is 1. The first-order valence-electron chi connectivity index (χ1n) is 5.73. The summed E-state index contributed by atoms with van der Waals surface area (Å²) in [6, 6.07) is 6.45. The summed E-state index contributed by atoms with van der Waals surface area (Å²) in [6.45, 7) is 1.60. The van der Waals surface area contributed by atoms with Crippen molar-refractivity contribution in [3.63, 3.8) is 0 Å². The maximum Gasteiger partial charge on any atom is 0.133 e. The van der Waals surface area contributed by atoms with Gasteiger partial charge in [0.25, 0.3) is 0 Å². The summed E-state index contributed by atoms with van der Waals surface area (Å²) in [5, 5.41) is 12.6. The number of hydrogen-bond acceptors (Lipinski definition) is 3. The highest BCUT2D eigenvalue weighted by molar-refractivity contribution is 9.10. The Morgan fingerprint density at radius 3 is 2.74 bits per heavy atom. The lowest BCUT2D eigenvalue weighted by Gasteiger charge is -2.26. The molecule has 1 aromatic heterocycles. The van der Waals surface area contributed by atoms with Crippen molar-refractivity contribution in [1.82, 2.24) is 0 Å². The van der Waals surface area contributed by atoms with Gasteiger partial charge in [-0.25, -0.2) is 4.39 Å². The Balaban J connectivity index is 2.42. The van der Waals surface area contributed by atoms with Crippen LogP contribution < -0.4 is 4.74 Å². The first-order valence-corrected chi connectivity index (χ1v) is 7.40. The van der Waals surface area contributed by atoms with E-state index in [9.17, 15) is 9.50 Å². The molecule has 1 unspecified atom stereocenters. The highest BCUT2D eigenvalue weighted by Gasteiger charge is 2.31. The van der Waals surface area contributed by atoms with Gasteiger partial charge in [0, 0.05) is 15.8 Å². The molecule has 0 saturated carbocycles. The third kappa shape index (κ3) is 2.99. The van der Waals surface area contributed by atoms with E-state index in [1.54, 1.807) is 19.1 Å². The summed E-state index contributed by atoms with van der Waals surface area (Å²) < 4.78 is 20.1. The lowest BCUT2D eigenvalue weighted by atomic mass is 9.90. The molecule has 0 saturated heterocycles. The van der Waals surface area contributed by atoms with Gasteiger partial charge < -0.3 is 9.84 Å². The third-order valence-electron chi connectivity index (χ3n) is 2.93. The van der Waals surface area contributed by atoms with Gasteiger partial charge in [0.1, 0.15) is 11.6 Å². The van der Waals surface area contributed by atoms with Gasteiger partial charge in [-0.2, -0.15) is 0 Å². The smallest absolute Gasteiger partial charge is 0.133 e. The molecule has 0 amide bonds. The molecule has 0 aliphatic heterocycles. The summed E-state index contributed by atoms with van der Waals surface area (Å²) in [4.78, 5) is 0.968. The fourth-order valence-electron chi connectivity index (χ4n) is 2.05. The van der Waals surface area contributed by atoms with Crippen molar-refractivity contribution in [1.29, 1.82) is 0 Å². The molecule has 0 aliphatic carbocycles. The second-order valence-corrected chi connectivity index (χ2v) is 6.31. The van der Waals surface area contributed by atoms with E-state index in [-0.39, 0.29) is 5.56 Å². The molecule has 102 valence electrons. The highest BCUT2D eigenvalue weighted by Crippen LogP contribution is 2.37. The Bertz CT molecular complexity index is 581. The van der Waals surface area contributed by atoms with Crippen LogP contribution in [0, 0.1) is 5.82 Å². The maximum absolute atomic E-state index is 14.0. The topological polar surface area (TPSA) is 29.5 Å². The molecule has 5 heteroatoms. The molecule has 2 rings (SSSR count). The van der Waals surface area contributed by atoms with Crippen LogP contribution in [-0.2, 0) is 12.0 Å². The largest absolute Gasteiger partial charge is 0.496 e. The van der Waals surface area contributed by atoms with E-state index in [1.807, 2.05) is 11.4 Å². The predicted octanol–water partition coefficient (Wildman–Crippen LogP) is 4.11. The van der Waals surface area contributed by atoms with Gasteiger partial charge in [-0.3, -0.25) is 0 Å². The summed E-state index contributed by atoms with van der Waals surface area (Å²) in [5.41, 5.74) is -1.14. The molecule has 0 bridgehead atoms. The molecular formula is C14H14BrFO2S. The van der Waals surface area contributed by atoms with Gasteiger partial charge in [-0.15, -0.1) is 11.3 Å². The van der Waals surface area contributed by atoms with Crippen molar-refractivity contribution in [2.75, 3.05) is 7.11 Å². The van der Waals surface area contributed by atoms with Crippen LogP contribution in [0.25, 0.3) is 0 Å². The van der Waals surface area contributed by atoms with Crippen molar-refractivity contribution in [2.24, 2.45) is 0 Å². The molecule has 0 radical (unpaired) electrons. The number of thiophene rings is 1. The summed E-state index contributed by atoms with van der Waals surface area (Å²) in [7, 11) is 1.47. The summed E-state index contributed by atoms with van der Waals surface area (Å²) >= 11 is 4.94. The van der Waals surface area contributed by atoms with E-state index in [0.717, 1.165) is 9.35 Å². The summed E-state index contributed by atoms with van der Waals surface area (Å²) in [5.74, 6) is -0.102. The van der Waals surface area contributed by atoms with Crippen LogP contribution in [0.15, 0.2) is 34.1 Å². The van der Waals surface area contributed by atoms with Crippen molar-refractivity contribution in [3.05, 3.63) is 50.4 Å². The minimum absolute atomic E-state index is 0.192. The van der Waals surface area contributed by atoms with Crippen LogP contribution in [-0.4, -0.2) is 12.2 Å². The van der Waals surface area contributed by atoms with E-state index in [2.05, 4.69) is 15.9 Å². The Kier molecular flexibility index (Phi) is 4.28. The van der Waals surface area contributed by atoms with Crippen LogP contribution >= 0.6 is 27.3 Å². The van der Waals surface area contributed by atoms with E-state index >= 15 is 0 Å². The van der Waals surface area contributed by atoms with Crippen molar-refractivity contribution in [3.8, 4) is 5.75 Å². The van der Waals surface area contributed by atoms with E-state index in [0.29, 0.717) is 12.2 Å². The molecule has 1 atom stereocenters. The Morgan fingerprint density at radius 1 is 1.42 bits per heavy atom. The quantitative estimate of drug-likeness (QED) is 0.904.